The van der Waals surface area contributed by atoms with Gasteiger partial charge in [0.2, 0.25) is 0 Å². The van der Waals surface area contributed by atoms with Crippen LogP contribution in [0.25, 0.3) is 0 Å². The SMILES string of the molecule is CC[C@H]1CCC[C@H](CN[C@H](CO)C(C)(C)C)C1. The molecule has 1 fully saturated rings. The van der Waals surface area contributed by atoms with Gasteiger partial charge < -0.3 is 10.4 Å². The fourth-order valence-corrected chi connectivity index (χ4v) is 2.91. The lowest BCUT2D eigenvalue weighted by Crippen LogP contribution is -2.45. The molecule has 0 spiro atoms. The first-order valence-corrected chi connectivity index (χ1v) is 7.31. The first kappa shape index (κ1) is 15.0. The minimum Gasteiger partial charge on any atom is -0.395 e. The zero-order valence-electron chi connectivity index (χ0n) is 12.1. The summed E-state index contributed by atoms with van der Waals surface area (Å²) in [6.45, 7) is 10.2. The Morgan fingerprint density at radius 1 is 1.24 bits per heavy atom. The highest BCUT2D eigenvalue weighted by molar-refractivity contribution is 4.82. The van der Waals surface area contributed by atoms with Crippen molar-refractivity contribution in [1.29, 1.82) is 0 Å². The van der Waals surface area contributed by atoms with Crippen LogP contribution in [0.2, 0.25) is 0 Å². The second-order valence-corrected chi connectivity index (χ2v) is 6.82. The van der Waals surface area contributed by atoms with Gasteiger partial charge in [-0.15, -0.1) is 0 Å². The Morgan fingerprint density at radius 2 is 1.88 bits per heavy atom. The van der Waals surface area contributed by atoms with Gasteiger partial charge in [-0.3, -0.25) is 0 Å². The molecule has 0 saturated heterocycles. The molecule has 2 nitrogen and oxygen atoms in total. The van der Waals surface area contributed by atoms with Gasteiger partial charge in [0.15, 0.2) is 0 Å². The van der Waals surface area contributed by atoms with E-state index in [-0.39, 0.29) is 18.1 Å². The van der Waals surface area contributed by atoms with Gasteiger partial charge in [-0.1, -0.05) is 47.0 Å². The summed E-state index contributed by atoms with van der Waals surface area (Å²) in [4.78, 5) is 0. The molecule has 0 aliphatic heterocycles. The molecule has 2 heteroatoms. The van der Waals surface area contributed by atoms with Crippen LogP contribution in [0.5, 0.6) is 0 Å². The molecule has 0 aromatic heterocycles. The van der Waals surface area contributed by atoms with Crippen LogP contribution in [0.4, 0.5) is 0 Å². The Morgan fingerprint density at radius 3 is 2.41 bits per heavy atom. The molecule has 17 heavy (non-hydrogen) atoms. The average Bonchev–Trinajstić information content (AvgIpc) is 2.28. The van der Waals surface area contributed by atoms with Gasteiger partial charge in [-0.2, -0.15) is 0 Å². The molecule has 1 aliphatic carbocycles. The highest BCUT2D eigenvalue weighted by Gasteiger charge is 2.26. The second-order valence-electron chi connectivity index (χ2n) is 6.82. The van der Waals surface area contributed by atoms with Crippen molar-refractivity contribution in [2.24, 2.45) is 17.3 Å². The van der Waals surface area contributed by atoms with Gasteiger partial charge in [-0.25, -0.2) is 0 Å². The molecule has 0 aromatic carbocycles. The molecule has 0 aromatic rings. The Bertz CT molecular complexity index is 209. The second kappa shape index (κ2) is 6.75. The van der Waals surface area contributed by atoms with Crippen LogP contribution < -0.4 is 5.32 Å². The summed E-state index contributed by atoms with van der Waals surface area (Å²) in [6, 6.07) is 0.226. The monoisotopic (exact) mass is 241 g/mol. The first-order chi connectivity index (χ1) is 7.97. The van der Waals surface area contributed by atoms with Crippen LogP contribution in [0.3, 0.4) is 0 Å². The summed E-state index contributed by atoms with van der Waals surface area (Å²) >= 11 is 0. The highest BCUT2D eigenvalue weighted by Crippen LogP contribution is 2.31. The number of aliphatic hydroxyl groups is 1. The van der Waals surface area contributed by atoms with E-state index < -0.39 is 0 Å². The van der Waals surface area contributed by atoms with Crippen molar-refractivity contribution in [3.8, 4) is 0 Å². The molecule has 0 radical (unpaired) electrons. The van der Waals surface area contributed by atoms with Crippen molar-refractivity contribution >= 4 is 0 Å². The third kappa shape index (κ3) is 4.97. The van der Waals surface area contributed by atoms with Gasteiger partial charge in [0.05, 0.1) is 6.61 Å². The molecule has 102 valence electrons. The molecule has 0 unspecified atom stereocenters. The van der Waals surface area contributed by atoms with E-state index in [4.69, 9.17) is 0 Å². The maximum absolute atomic E-state index is 9.43. The fourth-order valence-electron chi connectivity index (χ4n) is 2.91. The minimum absolute atomic E-state index is 0.146. The standard InChI is InChI=1S/C15H31NO/c1-5-12-7-6-8-13(9-12)10-16-14(11-17)15(2,3)4/h12-14,16-17H,5-11H2,1-4H3/t12-,13-,14+/m0/s1. The summed E-state index contributed by atoms with van der Waals surface area (Å²) < 4.78 is 0. The maximum atomic E-state index is 9.43. The lowest BCUT2D eigenvalue weighted by atomic mass is 9.79. The highest BCUT2D eigenvalue weighted by atomic mass is 16.3. The first-order valence-electron chi connectivity index (χ1n) is 7.31. The predicted molar refractivity (Wildman–Crippen MR) is 74.1 cm³/mol. The van der Waals surface area contributed by atoms with E-state index in [9.17, 15) is 5.11 Å². The van der Waals surface area contributed by atoms with Crippen molar-refractivity contribution in [3.63, 3.8) is 0 Å². The quantitative estimate of drug-likeness (QED) is 0.775. The van der Waals surface area contributed by atoms with Crippen LogP contribution in [0.15, 0.2) is 0 Å². The number of nitrogens with one attached hydrogen (secondary N) is 1. The number of hydrogen-bond donors (Lipinski definition) is 2. The zero-order chi connectivity index (χ0) is 12.9. The number of rotatable bonds is 5. The molecule has 1 saturated carbocycles. The van der Waals surface area contributed by atoms with E-state index in [0.717, 1.165) is 18.4 Å². The van der Waals surface area contributed by atoms with E-state index in [1.54, 1.807) is 0 Å². The van der Waals surface area contributed by atoms with Crippen LogP contribution >= 0.6 is 0 Å². The van der Waals surface area contributed by atoms with Gasteiger partial charge in [0, 0.05) is 6.04 Å². The molecular weight excluding hydrogens is 210 g/mol. The summed E-state index contributed by atoms with van der Waals surface area (Å²) in [5.74, 6) is 1.77. The van der Waals surface area contributed by atoms with Crippen LogP contribution in [0, 0.1) is 17.3 Å². The van der Waals surface area contributed by atoms with Crippen LogP contribution in [0.1, 0.15) is 59.8 Å². The molecule has 0 amide bonds. The largest absolute Gasteiger partial charge is 0.395 e. The minimum atomic E-state index is 0.146. The third-order valence-corrected chi connectivity index (χ3v) is 4.35. The Kier molecular flexibility index (Phi) is 5.94. The Labute approximate surface area is 107 Å². The number of aliphatic hydroxyl groups excluding tert-OH is 1. The van der Waals surface area contributed by atoms with Crippen molar-refractivity contribution in [2.75, 3.05) is 13.2 Å². The molecule has 0 bridgehead atoms. The van der Waals surface area contributed by atoms with E-state index in [1.165, 1.54) is 32.1 Å². The molecular formula is C15H31NO. The molecule has 1 rings (SSSR count). The summed E-state index contributed by atoms with van der Waals surface area (Å²) in [5, 5.41) is 13.0. The van der Waals surface area contributed by atoms with Crippen molar-refractivity contribution in [3.05, 3.63) is 0 Å². The van der Waals surface area contributed by atoms with Crippen molar-refractivity contribution < 1.29 is 5.11 Å². The van der Waals surface area contributed by atoms with E-state index >= 15 is 0 Å². The lowest BCUT2D eigenvalue weighted by molar-refractivity contribution is 0.146. The van der Waals surface area contributed by atoms with Gasteiger partial charge in [0.25, 0.3) is 0 Å². The predicted octanol–water partition coefficient (Wildman–Crippen LogP) is 3.20. The van der Waals surface area contributed by atoms with Gasteiger partial charge >= 0.3 is 0 Å². The average molecular weight is 241 g/mol. The third-order valence-electron chi connectivity index (χ3n) is 4.35. The Balaban J connectivity index is 2.34. The van der Waals surface area contributed by atoms with Crippen LogP contribution in [-0.4, -0.2) is 24.3 Å². The summed E-state index contributed by atoms with van der Waals surface area (Å²) in [6.07, 6.45) is 6.90. The van der Waals surface area contributed by atoms with Crippen LogP contribution in [-0.2, 0) is 0 Å². The summed E-state index contributed by atoms with van der Waals surface area (Å²) in [7, 11) is 0. The van der Waals surface area contributed by atoms with Gasteiger partial charge in [-0.05, 0) is 36.6 Å². The zero-order valence-corrected chi connectivity index (χ0v) is 12.1. The topological polar surface area (TPSA) is 32.3 Å². The van der Waals surface area contributed by atoms with E-state index in [1.807, 2.05) is 0 Å². The lowest BCUT2D eigenvalue weighted by Gasteiger charge is -2.34. The van der Waals surface area contributed by atoms with E-state index in [0.29, 0.717) is 0 Å². The normalized spacial score (nSPS) is 28.1. The maximum Gasteiger partial charge on any atom is 0.0589 e. The number of hydrogen-bond acceptors (Lipinski definition) is 2. The van der Waals surface area contributed by atoms with Crippen molar-refractivity contribution in [1.82, 2.24) is 5.32 Å². The molecule has 1 aliphatic rings. The van der Waals surface area contributed by atoms with Gasteiger partial charge in [0.1, 0.15) is 0 Å². The summed E-state index contributed by atoms with van der Waals surface area (Å²) in [5.41, 5.74) is 0.146. The fraction of sp³-hybridized carbons (Fsp3) is 1.00. The Hall–Kier alpha value is -0.0800. The molecule has 0 heterocycles. The van der Waals surface area contributed by atoms with E-state index in [2.05, 4.69) is 33.0 Å². The molecule has 2 N–H and O–H groups in total. The van der Waals surface area contributed by atoms with Crippen molar-refractivity contribution in [2.45, 2.75) is 65.8 Å². The smallest absolute Gasteiger partial charge is 0.0589 e. The molecule has 3 atom stereocenters.